The first-order chi connectivity index (χ1) is 9.52. The Kier molecular flexibility index (Phi) is 4.61. The first-order valence-corrected chi connectivity index (χ1v) is 7.29. The average molecular weight is 271 g/mol. The van der Waals surface area contributed by atoms with Crippen LogP contribution in [0.25, 0.3) is 10.9 Å². The van der Waals surface area contributed by atoms with Gasteiger partial charge in [0.2, 0.25) is 0 Å². The fourth-order valence-electron chi connectivity index (χ4n) is 2.42. The molecule has 3 heteroatoms. The molecular formula is C17H25N3. The molecule has 2 rings (SSSR count). The maximum Gasteiger partial charge on any atom is 0.130 e. The van der Waals surface area contributed by atoms with E-state index in [1.165, 1.54) is 10.9 Å². The van der Waals surface area contributed by atoms with Crippen molar-refractivity contribution in [1.82, 2.24) is 9.88 Å². The molecule has 1 aromatic heterocycles. The van der Waals surface area contributed by atoms with Gasteiger partial charge in [0.25, 0.3) is 0 Å². The van der Waals surface area contributed by atoms with Crippen LogP contribution in [0.5, 0.6) is 0 Å². The molecule has 0 bridgehead atoms. The molecule has 20 heavy (non-hydrogen) atoms. The maximum absolute atomic E-state index is 4.71. The third-order valence-corrected chi connectivity index (χ3v) is 4.12. The molecule has 108 valence electrons. The third kappa shape index (κ3) is 3.10. The van der Waals surface area contributed by atoms with Crippen molar-refractivity contribution in [3.8, 4) is 0 Å². The van der Waals surface area contributed by atoms with E-state index in [2.05, 4.69) is 62.3 Å². The van der Waals surface area contributed by atoms with E-state index in [1.807, 2.05) is 13.1 Å². The summed E-state index contributed by atoms with van der Waals surface area (Å²) in [7, 11) is 4.12. The van der Waals surface area contributed by atoms with Crippen LogP contribution in [-0.2, 0) is 6.54 Å². The Morgan fingerprint density at radius 3 is 2.55 bits per heavy atom. The van der Waals surface area contributed by atoms with Gasteiger partial charge in [0.15, 0.2) is 0 Å². The zero-order chi connectivity index (χ0) is 14.7. The number of benzene rings is 1. The molecule has 0 amide bonds. The summed E-state index contributed by atoms with van der Waals surface area (Å²) in [5.74, 6) is 1.62. The number of hydrogen-bond acceptors (Lipinski definition) is 3. The van der Waals surface area contributed by atoms with Gasteiger partial charge in [0.05, 0.1) is 5.52 Å². The summed E-state index contributed by atoms with van der Waals surface area (Å²) in [5.41, 5.74) is 2.29. The first kappa shape index (κ1) is 14.8. The lowest BCUT2D eigenvalue weighted by Gasteiger charge is -2.28. The van der Waals surface area contributed by atoms with E-state index < -0.39 is 0 Å². The highest BCUT2D eigenvalue weighted by Crippen LogP contribution is 2.22. The number of anilines is 1. The Morgan fingerprint density at radius 1 is 1.20 bits per heavy atom. The third-order valence-electron chi connectivity index (χ3n) is 4.12. The molecule has 1 aromatic carbocycles. The molecular weight excluding hydrogens is 246 g/mol. The Labute approximate surface area is 122 Å². The van der Waals surface area contributed by atoms with E-state index in [0.717, 1.165) is 17.9 Å². The average Bonchev–Trinajstić information content (AvgIpc) is 2.45. The SMILES string of the molecule is CNc1nc2ccccc2cc1CN(C)C(C)C(C)C. The van der Waals surface area contributed by atoms with E-state index in [4.69, 9.17) is 4.98 Å². The Hall–Kier alpha value is -1.61. The number of hydrogen-bond donors (Lipinski definition) is 1. The lowest BCUT2D eigenvalue weighted by atomic mass is 10.0. The van der Waals surface area contributed by atoms with Crippen LogP contribution >= 0.6 is 0 Å². The molecule has 1 heterocycles. The Bertz CT molecular complexity index is 577. The van der Waals surface area contributed by atoms with Crippen LogP contribution in [0.2, 0.25) is 0 Å². The van der Waals surface area contributed by atoms with Crippen molar-refractivity contribution in [3.63, 3.8) is 0 Å². The summed E-state index contributed by atoms with van der Waals surface area (Å²) in [6.45, 7) is 7.71. The van der Waals surface area contributed by atoms with E-state index in [1.54, 1.807) is 0 Å². The van der Waals surface area contributed by atoms with Gasteiger partial charge < -0.3 is 5.32 Å². The normalized spacial score (nSPS) is 13.2. The van der Waals surface area contributed by atoms with Gasteiger partial charge in [-0.25, -0.2) is 4.98 Å². The molecule has 0 fully saturated rings. The smallest absolute Gasteiger partial charge is 0.130 e. The van der Waals surface area contributed by atoms with Crippen LogP contribution in [-0.4, -0.2) is 30.0 Å². The topological polar surface area (TPSA) is 28.2 Å². The Balaban J connectivity index is 2.33. The maximum atomic E-state index is 4.71. The second kappa shape index (κ2) is 6.23. The van der Waals surface area contributed by atoms with Crippen molar-refractivity contribution in [2.45, 2.75) is 33.4 Å². The van der Waals surface area contributed by atoms with Gasteiger partial charge in [-0.05, 0) is 32.0 Å². The summed E-state index contributed by atoms with van der Waals surface area (Å²) in [4.78, 5) is 7.10. The summed E-state index contributed by atoms with van der Waals surface area (Å²) in [5, 5.41) is 4.42. The minimum atomic E-state index is 0.547. The number of aromatic nitrogens is 1. The van der Waals surface area contributed by atoms with Crippen LogP contribution in [0.15, 0.2) is 30.3 Å². The highest BCUT2D eigenvalue weighted by Gasteiger charge is 2.15. The standard InChI is InChI=1S/C17H25N3/c1-12(2)13(3)20(5)11-15-10-14-8-6-7-9-16(14)19-17(15)18-4/h6-10,12-13H,11H2,1-5H3,(H,18,19). The van der Waals surface area contributed by atoms with Gasteiger partial charge in [0, 0.05) is 30.6 Å². The van der Waals surface area contributed by atoms with Gasteiger partial charge in [-0.1, -0.05) is 32.0 Å². The number of nitrogens with one attached hydrogen (secondary N) is 1. The summed E-state index contributed by atoms with van der Waals surface area (Å²) >= 11 is 0. The molecule has 1 unspecified atom stereocenters. The second-order valence-corrected chi connectivity index (χ2v) is 5.84. The van der Waals surface area contributed by atoms with Crippen molar-refractivity contribution in [1.29, 1.82) is 0 Å². The lowest BCUT2D eigenvalue weighted by Crippen LogP contribution is -2.32. The Morgan fingerprint density at radius 2 is 1.90 bits per heavy atom. The summed E-state index contributed by atoms with van der Waals surface area (Å²) in [6, 6.07) is 11.1. The minimum absolute atomic E-state index is 0.547. The van der Waals surface area contributed by atoms with Gasteiger partial charge in [0.1, 0.15) is 5.82 Å². The molecule has 0 saturated carbocycles. The monoisotopic (exact) mass is 271 g/mol. The first-order valence-electron chi connectivity index (χ1n) is 7.29. The molecule has 0 aliphatic rings. The highest BCUT2D eigenvalue weighted by molar-refractivity contribution is 5.81. The van der Waals surface area contributed by atoms with E-state index in [0.29, 0.717) is 12.0 Å². The minimum Gasteiger partial charge on any atom is -0.373 e. The largest absolute Gasteiger partial charge is 0.373 e. The number of nitrogens with zero attached hydrogens (tertiary/aromatic N) is 2. The summed E-state index contributed by atoms with van der Waals surface area (Å²) in [6.07, 6.45) is 0. The molecule has 3 nitrogen and oxygen atoms in total. The van der Waals surface area contributed by atoms with Gasteiger partial charge in [-0.2, -0.15) is 0 Å². The number of para-hydroxylation sites is 1. The lowest BCUT2D eigenvalue weighted by molar-refractivity contribution is 0.200. The van der Waals surface area contributed by atoms with Gasteiger partial charge >= 0.3 is 0 Å². The van der Waals surface area contributed by atoms with E-state index in [9.17, 15) is 0 Å². The molecule has 1 N–H and O–H groups in total. The molecule has 1 atom stereocenters. The number of pyridine rings is 1. The van der Waals surface area contributed by atoms with Gasteiger partial charge in [-0.3, -0.25) is 4.90 Å². The molecule has 2 aromatic rings. The van der Waals surface area contributed by atoms with Crippen molar-refractivity contribution in [2.24, 2.45) is 5.92 Å². The van der Waals surface area contributed by atoms with E-state index >= 15 is 0 Å². The van der Waals surface area contributed by atoms with Crippen LogP contribution < -0.4 is 5.32 Å². The number of fused-ring (bicyclic) bond motifs is 1. The van der Waals surface area contributed by atoms with E-state index in [-0.39, 0.29) is 0 Å². The zero-order valence-corrected chi connectivity index (χ0v) is 13.1. The van der Waals surface area contributed by atoms with Crippen LogP contribution in [0.4, 0.5) is 5.82 Å². The van der Waals surface area contributed by atoms with Crippen molar-refractivity contribution in [2.75, 3.05) is 19.4 Å². The fraction of sp³-hybridized carbons (Fsp3) is 0.471. The van der Waals surface area contributed by atoms with Crippen molar-refractivity contribution in [3.05, 3.63) is 35.9 Å². The predicted molar refractivity (Wildman–Crippen MR) is 87.1 cm³/mol. The highest BCUT2D eigenvalue weighted by atomic mass is 15.1. The second-order valence-electron chi connectivity index (χ2n) is 5.84. The molecule has 0 spiro atoms. The molecule has 0 saturated heterocycles. The van der Waals surface area contributed by atoms with Crippen LogP contribution in [0.3, 0.4) is 0 Å². The number of rotatable bonds is 5. The van der Waals surface area contributed by atoms with Crippen LogP contribution in [0.1, 0.15) is 26.3 Å². The zero-order valence-electron chi connectivity index (χ0n) is 13.1. The summed E-state index contributed by atoms with van der Waals surface area (Å²) < 4.78 is 0. The molecule has 0 aliphatic heterocycles. The van der Waals surface area contributed by atoms with Gasteiger partial charge in [-0.15, -0.1) is 0 Å². The molecule has 0 aliphatic carbocycles. The predicted octanol–water partition coefficient (Wildman–Crippen LogP) is 3.75. The van der Waals surface area contributed by atoms with Crippen LogP contribution in [0, 0.1) is 5.92 Å². The fourth-order valence-corrected chi connectivity index (χ4v) is 2.42. The quantitative estimate of drug-likeness (QED) is 0.897. The van der Waals surface area contributed by atoms with Crippen molar-refractivity contribution < 1.29 is 0 Å². The molecule has 0 radical (unpaired) electrons. The van der Waals surface area contributed by atoms with Crippen molar-refractivity contribution >= 4 is 16.7 Å².